The van der Waals surface area contributed by atoms with Crippen LogP contribution < -0.4 is 0 Å². The van der Waals surface area contributed by atoms with E-state index in [0.717, 1.165) is 24.3 Å². The summed E-state index contributed by atoms with van der Waals surface area (Å²) in [5, 5.41) is 9.99. The fourth-order valence-corrected chi connectivity index (χ4v) is 2.77. The Balaban J connectivity index is 1.91. The van der Waals surface area contributed by atoms with E-state index in [1.165, 1.54) is 17.1 Å². The van der Waals surface area contributed by atoms with Gasteiger partial charge < -0.3 is 5.11 Å². The number of benzene rings is 1. The molecule has 1 heterocycles. The highest BCUT2D eigenvalue weighted by atomic mass is 32.2. The zero-order valence-corrected chi connectivity index (χ0v) is 8.89. The van der Waals surface area contributed by atoms with E-state index < -0.39 is 5.60 Å². The Morgan fingerprint density at radius 3 is 2.64 bits per heavy atom. The molecular weight excluding hydrogens is 192 g/mol. The maximum atomic E-state index is 9.99. The van der Waals surface area contributed by atoms with Crippen molar-refractivity contribution in [3.8, 4) is 0 Å². The van der Waals surface area contributed by atoms with Crippen LogP contribution in [0.25, 0.3) is 0 Å². The molecule has 0 spiro atoms. The van der Waals surface area contributed by atoms with Crippen LogP contribution in [0.4, 0.5) is 0 Å². The molecule has 0 unspecified atom stereocenters. The molecule has 2 heteroatoms. The zero-order valence-electron chi connectivity index (χ0n) is 8.07. The van der Waals surface area contributed by atoms with Gasteiger partial charge in [0.15, 0.2) is 0 Å². The summed E-state index contributed by atoms with van der Waals surface area (Å²) in [5.41, 5.74) is 2.08. The smallest absolute Gasteiger partial charge is 0.0899 e. The van der Waals surface area contributed by atoms with Gasteiger partial charge in [0.1, 0.15) is 0 Å². The maximum Gasteiger partial charge on any atom is 0.0899 e. The van der Waals surface area contributed by atoms with Crippen molar-refractivity contribution in [1.82, 2.24) is 0 Å². The Morgan fingerprint density at radius 2 is 2.07 bits per heavy atom. The third-order valence-electron chi connectivity index (χ3n) is 3.26. The summed E-state index contributed by atoms with van der Waals surface area (Å²) in [4.78, 5) is 0. The summed E-state index contributed by atoms with van der Waals surface area (Å²) in [6, 6.07) is 8.54. The second-order valence-electron chi connectivity index (χ2n) is 4.39. The van der Waals surface area contributed by atoms with Gasteiger partial charge in [-0.1, -0.05) is 24.3 Å². The molecular formula is C12H14OS. The molecule has 0 radical (unpaired) electrons. The molecule has 1 aliphatic carbocycles. The van der Waals surface area contributed by atoms with Crippen LogP contribution in [0.5, 0.6) is 0 Å². The molecule has 1 saturated heterocycles. The van der Waals surface area contributed by atoms with Gasteiger partial charge in [-0.25, -0.2) is 0 Å². The molecule has 1 aromatic rings. The minimum atomic E-state index is -0.465. The first-order valence-corrected chi connectivity index (χ1v) is 6.34. The van der Waals surface area contributed by atoms with Crippen molar-refractivity contribution < 1.29 is 5.11 Å². The quantitative estimate of drug-likeness (QED) is 0.802. The molecule has 2 aliphatic rings. The molecule has 1 saturated carbocycles. The Morgan fingerprint density at radius 1 is 1.29 bits per heavy atom. The molecule has 2 fully saturated rings. The Bertz CT molecular complexity index is 353. The molecule has 0 aromatic heterocycles. The lowest BCUT2D eigenvalue weighted by molar-refractivity contribution is 0.151. The van der Waals surface area contributed by atoms with Crippen molar-refractivity contribution in [2.24, 2.45) is 0 Å². The van der Waals surface area contributed by atoms with E-state index in [9.17, 15) is 5.11 Å². The van der Waals surface area contributed by atoms with Gasteiger partial charge in [0.2, 0.25) is 0 Å². The normalized spacial score (nSPS) is 24.4. The SMILES string of the molecule is OC1(c2cccc(C3CSC3)c2)CC1. The predicted octanol–water partition coefficient (Wildman–Crippen LogP) is 2.50. The van der Waals surface area contributed by atoms with Crippen LogP contribution in [-0.4, -0.2) is 16.6 Å². The van der Waals surface area contributed by atoms with E-state index in [1.807, 2.05) is 11.8 Å². The fourth-order valence-electron chi connectivity index (χ4n) is 1.92. The van der Waals surface area contributed by atoms with E-state index in [0.29, 0.717) is 0 Å². The number of hydrogen-bond acceptors (Lipinski definition) is 2. The third-order valence-corrected chi connectivity index (χ3v) is 4.53. The van der Waals surface area contributed by atoms with Crippen molar-refractivity contribution in [3.63, 3.8) is 0 Å². The van der Waals surface area contributed by atoms with Crippen molar-refractivity contribution in [2.75, 3.05) is 11.5 Å². The highest BCUT2D eigenvalue weighted by Gasteiger charge is 2.42. The van der Waals surface area contributed by atoms with Gasteiger partial charge in [0.25, 0.3) is 0 Å². The lowest BCUT2D eigenvalue weighted by Crippen LogP contribution is -2.16. The minimum Gasteiger partial charge on any atom is -0.385 e. The number of rotatable bonds is 2. The van der Waals surface area contributed by atoms with Crippen molar-refractivity contribution in [3.05, 3.63) is 35.4 Å². The summed E-state index contributed by atoms with van der Waals surface area (Å²) in [7, 11) is 0. The molecule has 0 bridgehead atoms. The summed E-state index contributed by atoms with van der Waals surface area (Å²) >= 11 is 2.01. The van der Waals surface area contributed by atoms with Gasteiger partial charge >= 0.3 is 0 Å². The van der Waals surface area contributed by atoms with Gasteiger partial charge in [0, 0.05) is 17.4 Å². The second kappa shape index (κ2) is 3.01. The summed E-state index contributed by atoms with van der Waals surface area (Å²) in [6.07, 6.45) is 1.88. The Hall–Kier alpha value is -0.470. The highest BCUT2D eigenvalue weighted by molar-refractivity contribution is 8.00. The Kier molecular flexibility index (Phi) is 1.89. The van der Waals surface area contributed by atoms with Crippen molar-refractivity contribution in [2.45, 2.75) is 24.4 Å². The minimum absolute atomic E-state index is 0.465. The summed E-state index contributed by atoms with van der Waals surface area (Å²) in [5.74, 6) is 3.24. The fraction of sp³-hybridized carbons (Fsp3) is 0.500. The summed E-state index contributed by atoms with van der Waals surface area (Å²) < 4.78 is 0. The van der Waals surface area contributed by atoms with Crippen molar-refractivity contribution >= 4 is 11.8 Å². The third kappa shape index (κ3) is 1.37. The molecule has 0 amide bonds. The predicted molar refractivity (Wildman–Crippen MR) is 59.6 cm³/mol. The van der Waals surface area contributed by atoms with E-state index >= 15 is 0 Å². The monoisotopic (exact) mass is 206 g/mol. The van der Waals surface area contributed by atoms with Crippen LogP contribution in [-0.2, 0) is 5.60 Å². The first kappa shape index (κ1) is 8.81. The largest absolute Gasteiger partial charge is 0.385 e. The second-order valence-corrected chi connectivity index (χ2v) is 5.47. The molecule has 14 heavy (non-hydrogen) atoms. The van der Waals surface area contributed by atoms with Crippen LogP contribution in [0.1, 0.15) is 29.9 Å². The molecule has 1 aromatic carbocycles. The van der Waals surface area contributed by atoms with E-state index in [4.69, 9.17) is 0 Å². The molecule has 1 N–H and O–H groups in total. The molecule has 0 atom stereocenters. The Labute approximate surface area is 88.5 Å². The number of aliphatic hydroxyl groups is 1. The lowest BCUT2D eigenvalue weighted by Gasteiger charge is -2.26. The van der Waals surface area contributed by atoms with Gasteiger partial charge in [-0.2, -0.15) is 11.8 Å². The van der Waals surface area contributed by atoms with Gasteiger partial charge in [-0.15, -0.1) is 0 Å². The number of hydrogen-bond donors (Lipinski definition) is 1. The molecule has 3 rings (SSSR count). The number of thioether (sulfide) groups is 1. The zero-order chi connectivity index (χ0) is 9.60. The van der Waals surface area contributed by atoms with Gasteiger partial charge in [0.05, 0.1) is 5.60 Å². The van der Waals surface area contributed by atoms with E-state index in [2.05, 4.69) is 24.3 Å². The molecule has 1 nitrogen and oxygen atoms in total. The van der Waals surface area contributed by atoms with Crippen LogP contribution in [0.15, 0.2) is 24.3 Å². The van der Waals surface area contributed by atoms with Gasteiger partial charge in [-0.3, -0.25) is 0 Å². The first-order chi connectivity index (χ1) is 6.78. The summed E-state index contributed by atoms with van der Waals surface area (Å²) in [6.45, 7) is 0. The first-order valence-electron chi connectivity index (χ1n) is 5.18. The van der Waals surface area contributed by atoms with Crippen LogP contribution >= 0.6 is 11.8 Å². The average molecular weight is 206 g/mol. The topological polar surface area (TPSA) is 20.2 Å². The molecule has 74 valence electrons. The van der Waals surface area contributed by atoms with Crippen LogP contribution in [0, 0.1) is 0 Å². The standard InChI is InChI=1S/C12H14OS/c13-12(4-5-12)11-3-1-2-9(6-11)10-7-14-8-10/h1-3,6,10,13H,4-5,7-8H2. The van der Waals surface area contributed by atoms with Crippen molar-refractivity contribution in [1.29, 1.82) is 0 Å². The maximum absolute atomic E-state index is 9.99. The van der Waals surface area contributed by atoms with E-state index in [1.54, 1.807) is 0 Å². The molecule has 1 aliphatic heterocycles. The average Bonchev–Trinajstić information content (AvgIpc) is 2.83. The highest BCUT2D eigenvalue weighted by Crippen LogP contribution is 2.46. The van der Waals surface area contributed by atoms with Crippen LogP contribution in [0.3, 0.4) is 0 Å². The lowest BCUT2D eigenvalue weighted by atomic mass is 9.97. The van der Waals surface area contributed by atoms with Gasteiger partial charge in [-0.05, 0) is 24.0 Å². The van der Waals surface area contributed by atoms with Crippen LogP contribution in [0.2, 0.25) is 0 Å². The van der Waals surface area contributed by atoms with E-state index in [-0.39, 0.29) is 0 Å².